The number of rotatable bonds is 5. The van der Waals surface area contributed by atoms with Crippen molar-refractivity contribution in [1.29, 1.82) is 0 Å². The van der Waals surface area contributed by atoms with Crippen LogP contribution < -0.4 is 31.1 Å². The van der Waals surface area contributed by atoms with Crippen LogP contribution in [0.15, 0.2) is 231 Å². The van der Waals surface area contributed by atoms with Crippen LogP contribution in [0.3, 0.4) is 0 Å². The molecule has 10 aromatic carbocycles. The number of nitrogens with zero attached hydrogens (tertiary/aromatic N) is 3. The highest BCUT2D eigenvalue weighted by atomic mass is 15.2. The topological polar surface area (TPSA) is 9.72 Å². The van der Waals surface area contributed by atoms with E-state index in [0.717, 1.165) is 28.4 Å². The van der Waals surface area contributed by atoms with Crippen LogP contribution in [0.2, 0.25) is 0 Å². The second-order valence-electron chi connectivity index (χ2n) is 18.6. The average Bonchev–Trinajstić information content (AvgIpc) is 3.84. The lowest BCUT2D eigenvalue weighted by Gasteiger charge is -2.45. The fourth-order valence-electron chi connectivity index (χ4n) is 12.3. The molecule has 314 valence electrons. The molecule has 10 aromatic rings. The average molecular weight is 854 g/mol. The summed E-state index contributed by atoms with van der Waals surface area (Å²) in [5.74, 6) is 0. The minimum atomic E-state index is -0.413. The number of benzene rings is 10. The van der Waals surface area contributed by atoms with E-state index in [0.29, 0.717) is 0 Å². The lowest BCUT2D eigenvalue weighted by Crippen LogP contribution is -2.61. The summed E-state index contributed by atoms with van der Waals surface area (Å²) < 4.78 is 0. The Morgan fingerprint density at radius 3 is 1.49 bits per heavy atom. The van der Waals surface area contributed by atoms with Gasteiger partial charge in [-0.05, 0) is 159 Å². The largest absolute Gasteiger partial charge is 0.311 e. The van der Waals surface area contributed by atoms with Crippen molar-refractivity contribution in [2.75, 3.05) is 14.7 Å². The lowest BCUT2D eigenvalue weighted by atomic mass is 9.33. The van der Waals surface area contributed by atoms with Crippen molar-refractivity contribution < 1.29 is 0 Å². The first kappa shape index (κ1) is 38.0. The predicted molar refractivity (Wildman–Crippen MR) is 281 cm³/mol. The minimum absolute atomic E-state index is 0.00924. The molecule has 2 heterocycles. The number of fused-ring (bicyclic) bond motifs is 14. The standard InChI is InChI=1S/C63H44BN3/c1-41-18-17-23-45(36-41)67-59-37-42(2)32-35-57(59)64-56-30-15-16-31-58(56)66(60-39-47(40-61(67)62(60)64)65(43-19-5-3-6-20-43)44-21-7-4-8-22-44)46-33-34-55-51(38-46)50-26-11-14-29-54(50)63(55)52-27-12-9-24-48(52)49-25-10-13-28-53(49)63/h3-40H,1-2H3. The SMILES string of the molecule is Cc1cccc(N2c3cc(C)ccc3B3c4ccccc4N(c4ccc5c(c4)-c4ccccc4C54c5ccccc5-c5ccccc54)c4cc(N(c5ccccc5)c5ccccc5)cc2c43)c1. The first-order valence-corrected chi connectivity index (χ1v) is 23.5. The van der Waals surface area contributed by atoms with Crippen molar-refractivity contribution in [3.05, 3.63) is 264 Å². The maximum Gasteiger partial charge on any atom is 0.252 e. The second-order valence-corrected chi connectivity index (χ2v) is 18.6. The molecule has 0 unspecified atom stereocenters. The number of aryl methyl sites for hydroxylation is 2. The number of hydrogen-bond donors (Lipinski definition) is 0. The van der Waals surface area contributed by atoms with Crippen molar-refractivity contribution in [2.24, 2.45) is 0 Å². The van der Waals surface area contributed by atoms with Gasteiger partial charge in [0.15, 0.2) is 0 Å². The summed E-state index contributed by atoms with van der Waals surface area (Å²) >= 11 is 0. The van der Waals surface area contributed by atoms with Crippen LogP contribution in [-0.4, -0.2) is 6.71 Å². The van der Waals surface area contributed by atoms with Crippen LogP contribution in [0.25, 0.3) is 22.3 Å². The van der Waals surface area contributed by atoms with Gasteiger partial charge in [0.05, 0.1) is 11.1 Å². The zero-order chi connectivity index (χ0) is 44.4. The van der Waals surface area contributed by atoms with E-state index in [9.17, 15) is 0 Å². The third-order valence-corrected chi connectivity index (χ3v) is 14.9. The van der Waals surface area contributed by atoms with Gasteiger partial charge < -0.3 is 14.7 Å². The Labute approximate surface area is 392 Å². The molecule has 0 aromatic heterocycles. The van der Waals surface area contributed by atoms with E-state index >= 15 is 0 Å². The molecule has 67 heavy (non-hydrogen) atoms. The van der Waals surface area contributed by atoms with Crippen LogP contribution in [0.1, 0.15) is 33.4 Å². The number of hydrogen-bond acceptors (Lipinski definition) is 3. The van der Waals surface area contributed by atoms with Crippen molar-refractivity contribution in [1.82, 2.24) is 0 Å². The molecule has 14 rings (SSSR count). The highest BCUT2D eigenvalue weighted by Crippen LogP contribution is 2.63. The smallest absolute Gasteiger partial charge is 0.252 e. The molecule has 2 aliphatic heterocycles. The van der Waals surface area contributed by atoms with E-state index in [1.54, 1.807) is 0 Å². The van der Waals surface area contributed by atoms with Crippen LogP contribution >= 0.6 is 0 Å². The fourth-order valence-corrected chi connectivity index (χ4v) is 12.3. The highest BCUT2D eigenvalue weighted by Gasteiger charge is 2.52. The van der Waals surface area contributed by atoms with Gasteiger partial charge in [0.25, 0.3) is 6.71 Å². The Kier molecular flexibility index (Phi) is 8.12. The van der Waals surface area contributed by atoms with E-state index in [4.69, 9.17) is 0 Å². The van der Waals surface area contributed by atoms with Crippen molar-refractivity contribution in [3.63, 3.8) is 0 Å². The third kappa shape index (κ3) is 5.30. The Morgan fingerprint density at radius 2 is 0.851 bits per heavy atom. The Bertz CT molecular complexity index is 3570. The third-order valence-electron chi connectivity index (χ3n) is 14.9. The van der Waals surface area contributed by atoms with Crippen LogP contribution in [-0.2, 0) is 5.41 Å². The summed E-state index contributed by atoms with van der Waals surface area (Å²) in [5, 5.41) is 0. The van der Waals surface area contributed by atoms with Gasteiger partial charge in [0.2, 0.25) is 0 Å². The van der Waals surface area contributed by atoms with E-state index in [1.807, 2.05) is 0 Å². The van der Waals surface area contributed by atoms with Gasteiger partial charge in [-0.15, -0.1) is 0 Å². The fraction of sp³-hybridized carbons (Fsp3) is 0.0476. The molecule has 4 aliphatic rings. The summed E-state index contributed by atoms with van der Waals surface area (Å²) in [4.78, 5) is 7.52. The van der Waals surface area contributed by atoms with Gasteiger partial charge >= 0.3 is 0 Å². The molecule has 1 spiro atoms. The van der Waals surface area contributed by atoms with E-state index in [2.05, 4.69) is 259 Å². The first-order chi connectivity index (χ1) is 33.1. The van der Waals surface area contributed by atoms with Crippen molar-refractivity contribution in [2.45, 2.75) is 19.3 Å². The van der Waals surface area contributed by atoms with E-state index in [-0.39, 0.29) is 6.71 Å². The van der Waals surface area contributed by atoms with Gasteiger partial charge in [-0.25, -0.2) is 0 Å². The molecule has 0 radical (unpaired) electrons. The molecule has 0 saturated carbocycles. The molecule has 0 amide bonds. The molecular formula is C63H44BN3. The molecule has 2 aliphatic carbocycles. The zero-order valence-corrected chi connectivity index (χ0v) is 37.4. The van der Waals surface area contributed by atoms with E-state index < -0.39 is 5.41 Å². The van der Waals surface area contributed by atoms with Crippen LogP contribution in [0.4, 0.5) is 51.2 Å². The normalized spacial score (nSPS) is 13.9. The Hall–Kier alpha value is -8.34. The van der Waals surface area contributed by atoms with Gasteiger partial charge in [0.1, 0.15) is 0 Å². The lowest BCUT2D eigenvalue weighted by molar-refractivity contribution is 0.794. The maximum atomic E-state index is 2.57. The molecular weight excluding hydrogens is 810 g/mol. The monoisotopic (exact) mass is 853 g/mol. The van der Waals surface area contributed by atoms with Gasteiger partial charge in [-0.1, -0.05) is 158 Å². The summed E-state index contributed by atoms with van der Waals surface area (Å²) in [5.41, 5.74) is 26.9. The molecule has 0 saturated heterocycles. The molecule has 4 heteroatoms. The number of anilines is 9. The van der Waals surface area contributed by atoms with Crippen molar-refractivity contribution in [3.8, 4) is 22.3 Å². The van der Waals surface area contributed by atoms with Gasteiger partial charge in [0, 0.05) is 45.5 Å². The Morgan fingerprint density at radius 1 is 0.343 bits per heavy atom. The van der Waals surface area contributed by atoms with Crippen molar-refractivity contribution >= 4 is 74.3 Å². The first-order valence-electron chi connectivity index (χ1n) is 23.5. The summed E-state index contributed by atoms with van der Waals surface area (Å²) in [7, 11) is 0. The molecule has 0 fully saturated rings. The summed E-state index contributed by atoms with van der Waals surface area (Å²) in [6, 6.07) is 86.4. The van der Waals surface area contributed by atoms with Crippen LogP contribution in [0.5, 0.6) is 0 Å². The van der Waals surface area contributed by atoms with Crippen LogP contribution in [0, 0.1) is 13.8 Å². The van der Waals surface area contributed by atoms with Gasteiger partial charge in [-0.3, -0.25) is 0 Å². The Balaban J connectivity index is 1.07. The zero-order valence-electron chi connectivity index (χ0n) is 37.4. The maximum absolute atomic E-state index is 2.57. The number of para-hydroxylation sites is 3. The summed E-state index contributed by atoms with van der Waals surface area (Å²) in [6.45, 7) is 4.42. The second kappa shape index (κ2) is 14.3. The molecule has 0 bridgehead atoms. The van der Waals surface area contributed by atoms with Gasteiger partial charge in [-0.2, -0.15) is 0 Å². The minimum Gasteiger partial charge on any atom is -0.311 e. The predicted octanol–water partition coefficient (Wildman–Crippen LogP) is 14.2. The molecule has 0 atom stereocenters. The molecule has 0 N–H and O–H groups in total. The quantitative estimate of drug-likeness (QED) is 0.160. The summed E-state index contributed by atoms with van der Waals surface area (Å²) in [6.07, 6.45) is 0. The van der Waals surface area contributed by atoms with E-state index in [1.165, 1.54) is 94.8 Å². The molecule has 3 nitrogen and oxygen atoms in total. The highest BCUT2D eigenvalue weighted by molar-refractivity contribution is 7.00.